The summed E-state index contributed by atoms with van der Waals surface area (Å²) in [4.78, 5) is 2.50. The molecular weight excluding hydrogens is 328 g/mol. The molecule has 118 valence electrons. The van der Waals surface area contributed by atoms with Crippen molar-refractivity contribution in [3.05, 3.63) is 34.3 Å². The summed E-state index contributed by atoms with van der Waals surface area (Å²) in [5.74, 6) is 0. The molecular formula is C17H27BrN2O. The molecule has 1 aromatic carbocycles. The van der Waals surface area contributed by atoms with Gasteiger partial charge in [-0.3, -0.25) is 0 Å². The highest BCUT2D eigenvalue weighted by atomic mass is 79.9. The van der Waals surface area contributed by atoms with Crippen LogP contribution in [-0.4, -0.2) is 37.2 Å². The van der Waals surface area contributed by atoms with E-state index in [0.29, 0.717) is 6.10 Å². The van der Waals surface area contributed by atoms with Gasteiger partial charge in [-0.05, 0) is 49.9 Å². The fourth-order valence-corrected chi connectivity index (χ4v) is 3.10. The van der Waals surface area contributed by atoms with Crippen LogP contribution in [0.15, 0.2) is 28.7 Å². The van der Waals surface area contributed by atoms with Crippen LogP contribution in [0.2, 0.25) is 0 Å². The maximum absolute atomic E-state index is 6.30. The van der Waals surface area contributed by atoms with Crippen molar-refractivity contribution in [1.29, 1.82) is 0 Å². The number of nitrogens with zero attached hydrogens (tertiary/aromatic N) is 1. The van der Waals surface area contributed by atoms with E-state index in [1.54, 1.807) is 0 Å². The fourth-order valence-electron chi connectivity index (χ4n) is 2.84. The Morgan fingerprint density at radius 3 is 2.86 bits per heavy atom. The zero-order valence-electron chi connectivity index (χ0n) is 12.9. The minimum absolute atomic E-state index is 0.120. The van der Waals surface area contributed by atoms with E-state index in [0.717, 1.165) is 37.0 Å². The molecule has 1 aromatic rings. The molecule has 0 aromatic heterocycles. The monoisotopic (exact) mass is 354 g/mol. The quantitative estimate of drug-likeness (QED) is 0.810. The van der Waals surface area contributed by atoms with Crippen LogP contribution in [-0.2, 0) is 4.74 Å². The van der Waals surface area contributed by atoms with Gasteiger partial charge in [0.05, 0.1) is 6.10 Å². The Labute approximate surface area is 137 Å². The van der Waals surface area contributed by atoms with Crippen molar-refractivity contribution in [2.75, 3.05) is 26.2 Å². The number of ether oxygens (including phenoxy) is 1. The van der Waals surface area contributed by atoms with Gasteiger partial charge in [0.2, 0.25) is 0 Å². The largest absolute Gasteiger partial charge is 0.377 e. The second kappa shape index (κ2) is 8.89. The fraction of sp³-hybridized carbons (Fsp3) is 0.647. The minimum Gasteiger partial charge on any atom is -0.377 e. The van der Waals surface area contributed by atoms with Crippen molar-refractivity contribution in [3.8, 4) is 0 Å². The molecule has 1 aliphatic rings. The average molecular weight is 355 g/mol. The highest BCUT2D eigenvalue weighted by molar-refractivity contribution is 9.10. The van der Waals surface area contributed by atoms with Gasteiger partial charge in [0, 0.05) is 30.2 Å². The van der Waals surface area contributed by atoms with Crippen LogP contribution in [0.25, 0.3) is 0 Å². The normalized spacial score (nSPS) is 21.4. The summed E-state index contributed by atoms with van der Waals surface area (Å²) in [5, 5.41) is 0. The van der Waals surface area contributed by atoms with E-state index >= 15 is 0 Å². The third-order valence-corrected chi connectivity index (χ3v) is 4.60. The highest BCUT2D eigenvalue weighted by Crippen LogP contribution is 2.19. The molecule has 2 N–H and O–H groups in total. The summed E-state index contributed by atoms with van der Waals surface area (Å²) in [6, 6.07) is 8.46. The molecule has 2 unspecified atom stereocenters. The lowest BCUT2D eigenvalue weighted by Gasteiger charge is -2.33. The molecule has 0 aliphatic carbocycles. The summed E-state index contributed by atoms with van der Waals surface area (Å²) < 4.78 is 6.99. The van der Waals surface area contributed by atoms with Crippen LogP contribution < -0.4 is 5.73 Å². The molecule has 2 atom stereocenters. The van der Waals surface area contributed by atoms with Crippen molar-refractivity contribution >= 4 is 15.9 Å². The maximum Gasteiger partial charge on any atom is 0.0702 e. The van der Waals surface area contributed by atoms with Crippen molar-refractivity contribution in [1.82, 2.24) is 4.90 Å². The van der Waals surface area contributed by atoms with Gasteiger partial charge in [-0.1, -0.05) is 35.0 Å². The molecule has 3 nitrogen and oxygen atoms in total. The topological polar surface area (TPSA) is 38.5 Å². The van der Waals surface area contributed by atoms with Gasteiger partial charge >= 0.3 is 0 Å². The molecule has 1 aliphatic heterocycles. The Kier molecular flexibility index (Phi) is 7.17. The number of benzene rings is 1. The van der Waals surface area contributed by atoms with Crippen LogP contribution >= 0.6 is 15.9 Å². The maximum atomic E-state index is 6.30. The van der Waals surface area contributed by atoms with Gasteiger partial charge in [0.1, 0.15) is 0 Å². The van der Waals surface area contributed by atoms with Crippen molar-refractivity contribution in [3.63, 3.8) is 0 Å². The summed E-state index contributed by atoms with van der Waals surface area (Å²) in [7, 11) is 0. The molecule has 4 heteroatoms. The lowest BCUT2D eigenvalue weighted by Crippen LogP contribution is -2.40. The second-order valence-electron chi connectivity index (χ2n) is 5.88. The van der Waals surface area contributed by atoms with Crippen LogP contribution in [0.5, 0.6) is 0 Å². The first-order valence-electron chi connectivity index (χ1n) is 8.04. The zero-order valence-corrected chi connectivity index (χ0v) is 14.5. The first-order valence-corrected chi connectivity index (χ1v) is 8.83. The third kappa shape index (κ3) is 5.70. The van der Waals surface area contributed by atoms with E-state index in [2.05, 4.69) is 52.0 Å². The van der Waals surface area contributed by atoms with Crippen molar-refractivity contribution < 1.29 is 4.74 Å². The van der Waals surface area contributed by atoms with E-state index < -0.39 is 0 Å². The highest BCUT2D eigenvalue weighted by Gasteiger charge is 2.20. The number of likely N-dealkylation sites (tertiary alicyclic amines) is 1. The smallest absolute Gasteiger partial charge is 0.0702 e. The Morgan fingerprint density at radius 1 is 1.38 bits per heavy atom. The zero-order chi connectivity index (χ0) is 15.1. The Hall–Kier alpha value is -0.420. The third-order valence-electron chi connectivity index (χ3n) is 4.07. The molecule has 0 amide bonds. The van der Waals surface area contributed by atoms with E-state index in [1.165, 1.54) is 24.9 Å². The van der Waals surface area contributed by atoms with Crippen LogP contribution in [0.1, 0.15) is 44.2 Å². The van der Waals surface area contributed by atoms with E-state index in [9.17, 15) is 0 Å². The average Bonchev–Trinajstić information content (AvgIpc) is 2.52. The second-order valence-corrected chi connectivity index (χ2v) is 6.80. The van der Waals surface area contributed by atoms with Crippen LogP contribution in [0.3, 0.4) is 0 Å². The molecule has 2 rings (SSSR count). The molecule has 1 fully saturated rings. The molecule has 0 radical (unpaired) electrons. The lowest BCUT2D eigenvalue weighted by atomic mass is 10.0. The molecule has 1 saturated heterocycles. The van der Waals surface area contributed by atoms with Gasteiger partial charge in [0.25, 0.3) is 0 Å². The predicted octanol–water partition coefficient (Wildman–Crippen LogP) is 3.73. The SMILES string of the molecule is CCCOC1CCCN(CCC(N)c2ccc(Br)cc2)C1. The predicted molar refractivity (Wildman–Crippen MR) is 91.4 cm³/mol. The lowest BCUT2D eigenvalue weighted by molar-refractivity contribution is -0.000625. The van der Waals surface area contributed by atoms with Gasteiger partial charge in [0.15, 0.2) is 0 Å². The summed E-state index contributed by atoms with van der Waals surface area (Å²) in [6.07, 6.45) is 4.96. The molecule has 21 heavy (non-hydrogen) atoms. The number of halogens is 1. The summed E-state index contributed by atoms with van der Waals surface area (Å²) in [5.41, 5.74) is 7.52. The van der Waals surface area contributed by atoms with E-state index in [-0.39, 0.29) is 6.04 Å². The van der Waals surface area contributed by atoms with Crippen molar-refractivity contribution in [2.45, 2.75) is 44.8 Å². The first kappa shape index (κ1) is 16.9. The summed E-state index contributed by atoms with van der Waals surface area (Å²) >= 11 is 3.46. The molecule has 0 saturated carbocycles. The molecule has 1 heterocycles. The van der Waals surface area contributed by atoms with Gasteiger partial charge in [-0.25, -0.2) is 0 Å². The van der Waals surface area contributed by atoms with Crippen LogP contribution in [0, 0.1) is 0 Å². The molecule has 0 spiro atoms. The van der Waals surface area contributed by atoms with Gasteiger partial charge in [-0.15, -0.1) is 0 Å². The Morgan fingerprint density at radius 2 is 2.14 bits per heavy atom. The Bertz CT molecular complexity index is 410. The summed E-state index contributed by atoms with van der Waals surface area (Å²) in [6.45, 7) is 6.35. The van der Waals surface area contributed by atoms with E-state index in [1.807, 2.05) is 0 Å². The first-order chi connectivity index (χ1) is 10.2. The van der Waals surface area contributed by atoms with Crippen molar-refractivity contribution in [2.24, 2.45) is 5.73 Å². The van der Waals surface area contributed by atoms with Gasteiger partial charge in [-0.2, -0.15) is 0 Å². The number of nitrogens with two attached hydrogens (primary N) is 1. The number of hydrogen-bond acceptors (Lipinski definition) is 3. The number of piperidine rings is 1. The van der Waals surface area contributed by atoms with Crippen LogP contribution in [0.4, 0.5) is 0 Å². The standard InChI is InChI=1S/C17H27BrN2O/c1-2-12-21-16-4-3-10-20(13-16)11-9-17(19)14-5-7-15(18)8-6-14/h5-8,16-17H,2-4,9-13,19H2,1H3. The van der Waals surface area contributed by atoms with E-state index in [4.69, 9.17) is 10.5 Å². The number of hydrogen-bond donors (Lipinski definition) is 1. The Balaban J connectivity index is 1.75. The number of rotatable bonds is 7. The minimum atomic E-state index is 0.120. The molecule has 0 bridgehead atoms. The van der Waals surface area contributed by atoms with Gasteiger partial charge < -0.3 is 15.4 Å².